The van der Waals surface area contributed by atoms with Crippen LogP contribution in [0.15, 0.2) is 29.2 Å². The summed E-state index contributed by atoms with van der Waals surface area (Å²) >= 11 is 4.24. The molecule has 0 saturated heterocycles. The average Bonchev–Trinajstić information content (AvgIpc) is 2.13. The minimum atomic E-state index is 0.882. The quantitative estimate of drug-likeness (QED) is 0.413. The molecule has 13 heavy (non-hydrogen) atoms. The monoisotopic (exact) mass is 191 g/mol. The second-order valence-electron chi connectivity index (χ2n) is 2.71. The van der Waals surface area contributed by atoms with Gasteiger partial charge < -0.3 is 5.32 Å². The van der Waals surface area contributed by atoms with E-state index in [1.807, 2.05) is 31.3 Å². The van der Waals surface area contributed by atoms with Gasteiger partial charge >= 0.3 is 0 Å². The molecule has 0 spiro atoms. The molecule has 0 unspecified atom stereocenters. The van der Waals surface area contributed by atoms with E-state index in [9.17, 15) is 0 Å². The first-order valence-corrected chi connectivity index (χ1v) is 4.70. The summed E-state index contributed by atoms with van der Waals surface area (Å²) in [5, 5.41) is 3.05. The van der Waals surface area contributed by atoms with Crippen LogP contribution in [0.4, 0.5) is 0 Å². The lowest BCUT2D eigenvalue weighted by Gasteiger charge is -1.91. The van der Waals surface area contributed by atoms with E-state index >= 15 is 0 Å². The molecule has 1 nitrogen and oxygen atoms in total. The van der Waals surface area contributed by atoms with Crippen molar-refractivity contribution in [3.05, 3.63) is 29.8 Å². The fraction of sp³-hybridized carbons (Fsp3) is 0.273. The molecule has 1 aromatic carbocycles. The van der Waals surface area contributed by atoms with Gasteiger partial charge in [0.05, 0.1) is 0 Å². The average molecular weight is 191 g/mol. The fourth-order valence-corrected chi connectivity index (χ4v) is 1.16. The number of benzene rings is 1. The third-order valence-electron chi connectivity index (χ3n) is 1.58. The summed E-state index contributed by atoms with van der Waals surface area (Å²) in [5.74, 6) is 6.16. The lowest BCUT2D eigenvalue weighted by molar-refractivity contribution is 0.818. The van der Waals surface area contributed by atoms with E-state index in [-0.39, 0.29) is 0 Å². The van der Waals surface area contributed by atoms with Gasteiger partial charge in [0.25, 0.3) is 0 Å². The highest BCUT2D eigenvalue weighted by atomic mass is 32.1. The van der Waals surface area contributed by atoms with E-state index in [0.29, 0.717) is 0 Å². The normalized spacial score (nSPS) is 9.08. The van der Waals surface area contributed by atoms with E-state index in [4.69, 9.17) is 0 Å². The zero-order valence-corrected chi connectivity index (χ0v) is 8.57. The Labute approximate surface area is 85.0 Å². The maximum Gasteiger partial charge on any atom is 0.0256 e. The summed E-state index contributed by atoms with van der Waals surface area (Å²) in [4.78, 5) is 0.959. The second kappa shape index (κ2) is 5.69. The van der Waals surface area contributed by atoms with Gasteiger partial charge in [-0.1, -0.05) is 17.9 Å². The molecule has 0 radical (unpaired) electrons. The van der Waals surface area contributed by atoms with Crippen LogP contribution < -0.4 is 5.32 Å². The number of thiol groups is 1. The van der Waals surface area contributed by atoms with Gasteiger partial charge in [-0.05, 0) is 25.2 Å². The summed E-state index contributed by atoms with van der Waals surface area (Å²) in [5.41, 5.74) is 1.03. The van der Waals surface area contributed by atoms with Crippen molar-refractivity contribution in [2.75, 3.05) is 13.6 Å². The van der Waals surface area contributed by atoms with Crippen LogP contribution in [0.2, 0.25) is 0 Å². The summed E-state index contributed by atoms with van der Waals surface area (Å²) in [6, 6.07) is 7.87. The molecule has 0 amide bonds. The number of hydrogen-bond donors (Lipinski definition) is 2. The molecule has 0 aliphatic carbocycles. The largest absolute Gasteiger partial charge is 0.319 e. The van der Waals surface area contributed by atoms with Crippen molar-refractivity contribution in [2.24, 2.45) is 0 Å². The zero-order chi connectivity index (χ0) is 9.52. The van der Waals surface area contributed by atoms with Crippen LogP contribution in [-0.4, -0.2) is 13.6 Å². The first kappa shape index (κ1) is 10.2. The molecule has 0 bridgehead atoms. The molecule has 1 N–H and O–H groups in total. The molecule has 0 fully saturated rings. The third-order valence-corrected chi connectivity index (χ3v) is 1.86. The van der Waals surface area contributed by atoms with Gasteiger partial charge in [-0.2, -0.15) is 0 Å². The Kier molecular flexibility index (Phi) is 4.45. The first-order chi connectivity index (χ1) is 6.33. The van der Waals surface area contributed by atoms with Crippen LogP contribution in [0.5, 0.6) is 0 Å². The zero-order valence-electron chi connectivity index (χ0n) is 7.67. The Morgan fingerprint density at radius 2 is 2.31 bits per heavy atom. The van der Waals surface area contributed by atoms with Crippen molar-refractivity contribution in [1.29, 1.82) is 0 Å². The molecule has 68 valence electrons. The number of rotatable bonds is 2. The highest BCUT2D eigenvalue weighted by molar-refractivity contribution is 7.80. The van der Waals surface area contributed by atoms with Gasteiger partial charge in [0, 0.05) is 23.4 Å². The lowest BCUT2D eigenvalue weighted by Crippen LogP contribution is -2.05. The van der Waals surface area contributed by atoms with E-state index < -0.39 is 0 Å². The van der Waals surface area contributed by atoms with Crippen molar-refractivity contribution < 1.29 is 0 Å². The minimum absolute atomic E-state index is 0.882. The highest BCUT2D eigenvalue weighted by Crippen LogP contribution is 2.07. The van der Waals surface area contributed by atoms with E-state index in [0.717, 1.165) is 23.4 Å². The topological polar surface area (TPSA) is 12.0 Å². The van der Waals surface area contributed by atoms with Gasteiger partial charge in [0.15, 0.2) is 0 Å². The molecule has 1 aromatic rings. The van der Waals surface area contributed by atoms with Crippen molar-refractivity contribution in [1.82, 2.24) is 5.32 Å². The fourth-order valence-electron chi connectivity index (χ4n) is 0.936. The van der Waals surface area contributed by atoms with E-state index in [1.54, 1.807) is 0 Å². The van der Waals surface area contributed by atoms with E-state index in [1.165, 1.54) is 0 Å². The molecule has 0 aliphatic heterocycles. The minimum Gasteiger partial charge on any atom is -0.319 e. The van der Waals surface area contributed by atoms with Crippen molar-refractivity contribution in [2.45, 2.75) is 11.3 Å². The van der Waals surface area contributed by atoms with Gasteiger partial charge in [-0.15, -0.1) is 12.6 Å². The molecule has 2 heteroatoms. The smallest absolute Gasteiger partial charge is 0.0256 e. The van der Waals surface area contributed by atoms with Gasteiger partial charge in [-0.3, -0.25) is 0 Å². The predicted molar refractivity (Wildman–Crippen MR) is 59.1 cm³/mol. The summed E-state index contributed by atoms with van der Waals surface area (Å²) in [6.45, 7) is 0.938. The van der Waals surface area contributed by atoms with Gasteiger partial charge in [0.2, 0.25) is 0 Å². The molecular formula is C11H13NS. The summed E-state index contributed by atoms with van der Waals surface area (Å²) in [6.07, 6.45) is 0.882. The Balaban J connectivity index is 2.56. The highest BCUT2D eigenvalue weighted by Gasteiger charge is 1.86. The first-order valence-electron chi connectivity index (χ1n) is 4.25. The lowest BCUT2D eigenvalue weighted by atomic mass is 10.2. The molecule has 0 heterocycles. The number of nitrogens with one attached hydrogen (secondary N) is 1. The molecule has 1 rings (SSSR count). The Bertz CT molecular complexity index is 322. The Hall–Kier alpha value is -0.910. The summed E-state index contributed by atoms with van der Waals surface area (Å²) in [7, 11) is 1.93. The van der Waals surface area contributed by atoms with Crippen LogP contribution >= 0.6 is 12.6 Å². The van der Waals surface area contributed by atoms with Crippen LogP contribution in [0.25, 0.3) is 0 Å². The van der Waals surface area contributed by atoms with Crippen molar-refractivity contribution in [3.63, 3.8) is 0 Å². The third kappa shape index (κ3) is 4.02. The van der Waals surface area contributed by atoms with Crippen LogP contribution in [0.1, 0.15) is 12.0 Å². The number of hydrogen-bond acceptors (Lipinski definition) is 2. The van der Waals surface area contributed by atoms with Crippen molar-refractivity contribution >= 4 is 12.6 Å². The molecular weight excluding hydrogens is 178 g/mol. The van der Waals surface area contributed by atoms with Gasteiger partial charge in [0.1, 0.15) is 0 Å². The molecule has 0 saturated carbocycles. The second-order valence-corrected chi connectivity index (χ2v) is 3.22. The maximum absolute atomic E-state index is 4.24. The van der Waals surface area contributed by atoms with Crippen LogP contribution in [-0.2, 0) is 0 Å². The van der Waals surface area contributed by atoms with Crippen LogP contribution in [0, 0.1) is 11.8 Å². The van der Waals surface area contributed by atoms with E-state index in [2.05, 4.69) is 29.8 Å². The van der Waals surface area contributed by atoms with Gasteiger partial charge in [-0.25, -0.2) is 0 Å². The predicted octanol–water partition coefficient (Wildman–Crippen LogP) is 1.94. The SMILES string of the molecule is CNCCC#Cc1cccc(S)c1. The standard InChI is InChI=1S/C11H13NS/c1-12-8-3-2-5-10-6-4-7-11(13)9-10/h4,6-7,9,12-13H,3,8H2,1H3. The molecule has 0 aliphatic rings. The van der Waals surface area contributed by atoms with Crippen molar-refractivity contribution in [3.8, 4) is 11.8 Å². The van der Waals surface area contributed by atoms with Crippen LogP contribution in [0.3, 0.4) is 0 Å². The molecule has 0 atom stereocenters. The molecule has 0 aromatic heterocycles. The Morgan fingerprint density at radius 1 is 1.46 bits per heavy atom. The summed E-state index contributed by atoms with van der Waals surface area (Å²) < 4.78 is 0. The maximum atomic E-state index is 4.24. The Morgan fingerprint density at radius 3 is 3.00 bits per heavy atom.